The number of amides is 1. The predicted octanol–water partition coefficient (Wildman–Crippen LogP) is 0.651. The maximum Gasteiger partial charge on any atom is 0.223 e. The third kappa shape index (κ3) is 4.53. The van der Waals surface area contributed by atoms with Crippen LogP contribution < -0.4 is 11.1 Å². The number of pyridine rings is 1. The summed E-state index contributed by atoms with van der Waals surface area (Å²) in [7, 11) is 0. The summed E-state index contributed by atoms with van der Waals surface area (Å²) in [6.07, 6.45) is 7.16. The quantitative estimate of drug-likeness (QED) is 0.753. The van der Waals surface area contributed by atoms with E-state index in [0.717, 1.165) is 38.9 Å². The third-order valence-electron chi connectivity index (χ3n) is 5.30. The summed E-state index contributed by atoms with van der Waals surface area (Å²) in [5.74, 6) is 0.0693. The molecule has 1 aromatic heterocycles. The monoisotopic (exact) mass is 332 g/mol. The molecule has 1 aromatic rings. The maximum atomic E-state index is 12.4. The SMILES string of the molecule is N[C@@H]1C[C@@H](C(=O)NC2CCN(Cc3cccnc3)CC2)CC[C@H]1O. The summed E-state index contributed by atoms with van der Waals surface area (Å²) >= 11 is 0. The largest absolute Gasteiger partial charge is 0.392 e. The molecular formula is C18H28N4O2. The van der Waals surface area contributed by atoms with Crippen molar-refractivity contribution in [3.63, 3.8) is 0 Å². The summed E-state index contributed by atoms with van der Waals surface area (Å²) in [4.78, 5) is 19.0. The number of aromatic nitrogens is 1. The van der Waals surface area contributed by atoms with Crippen LogP contribution in [0.3, 0.4) is 0 Å². The molecule has 1 amide bonds. The maximum absolute atomic E-state index is 12.4. The summed E-state index contributed by atoms with van der Waals surface area (Å²) in [5, 5.41) is 12.9. The molecule has 1 saturated heterocycles. The lowest BCUT2D eigenvalue weighted by atomic mass is 9.83. The second-order valence-electron chi connectivity index (χ2n) is 7.16. The van der Waals surface area contributed by atoms with Crippen molar-refractivity contribution in [2.45, 2.75) is 56.8 Å². The Hall–Kier alpha value is -1.50. The van der Waals surface area contributed by atoms with Crippen molar-refractivity contribution < 1.29 is 9.90 Å². The third-order valence-corrected chi connectivity index (χ3v) is 5.30. The molecule has 0 radical (unpaired) electrons. The van der Waals surface area contributed by atoms with E-state index in [9.17, 15) is 9.90 Å². The number of likely N-dealkylation sites (tertiary alicyclic amines) is 1. The number of carbonyl (C=O) groups is 1. The van der Waals surface area contributed by atoms with E-state index in [0.29, 0.717) is 12.8 Å². The second kappa shape index (κ2) is 8.05. The van der Waals surface area contributed by atoms with Crippen molar-refractivity contribution in [1.29, 1.82) is 0 Å². The van der Waals surface area contributed by atoms with Crippen molar-refractivity contribution in [2.24, 2.45) is 11.7 Å². The zero-order valence-electron chi connectivity index (χ0n) is 14.1. The molecule has 1 aliphatic carbocycles. The molecule has 0 aromatic carbocycles. The van der Waals surface area contributed by atoms with Crippen molar-refractivity contribution in [1.82, 2.24) is 15.2 Å². The number of aliphatic hydroxyl groups is 1. The van der Waals surface area contributed by atoms with Crippen molar-refractivity contribution in [3.05, 3.63) is 30.1 Å². The van der Waals surface area contributed by atoms with Gasteiger partial charge in [-0.2, -0.15) is 0 Å². The van der Waals surface area contributed by atoms with Crippen LogP contribution in [0, 0.1) is 5.92 Å². The van der Waals surface area contributed by atoms with Gasteiger partial charge in [-0.3, -0.25) is 14.7 Å². The number of aliphatic hydroxyl groups excluding tert-OH is 1. The van der Waals surface area contributed by atoms with Crippen LogP contribution >= 0.6 is 0 Å². The van der Waals surface area contributed by atoms with Crippen LogP contribution in [-0.2, 0) is 11.3 Å². The van der Waals surface area contributed by atoms with E-state index in [2.05, 4.69) is 21.3 Å². The Balaban J connectivity index is 1.41. The van der Waals surface area contributed by atoms with Gasteiger partial charge in [0.25, 0.3) is 0 Å². The molecule has 3 atom stereocenters. The van der Waals surface area contributed by atoms with E-state index < -0.39 is 6.10 Å². The van der Waals surface area contributed by atoms with E-state index in [1.165, 1.54) is 5.56 Å². The fraction of sp³-hybridized carbons (Fsp3) is 0.667. The Morgan fingerprint density at radius 1 is 1.33 bits per heavy atom. The van der Waals surface area contributed by atoms with Gasteiger partial charge in [-0.25, -0.2) is 0 Å². The molecule has 2 aliphatic rings. The first-order valence-corrected chi connectivity index (χ1v) is 8.97. The average molecular weight is 332 g/mol. The van der Waals surface area contributed by atoms with Gasteiger partial charge in [0.05, 0.1) is 6.10 Å². The Labute approximate surface area is 143 Å². The molecule has 1 aliphatic heterocycles. The molecule has 6 heteroatoms. The van der Waals surface area contributed by atoms with Gasteiger partial charge >= 0.3 is 0 Å². The number of piperidine rings is 1. The summed E-state index contributed by atoms with van der Waals surface area (Å²) in [6.45, 7) is 2.90. The van der Waals surface area contributed by atoms with Crippen LogP contribution in [0.15, 0.2) is 24.5 Å². The minimum Gasteiger partial charge on any atom is -0.392 e. The highest BCUT2D eigenvalue weighted by Gasteiger charge is 2.32. The van der Waals surface area contributed by atoms with Crippen molar-refractivity contribution >= 4 is 5.91 Å². The molecule has 3 rings (SSSR count). The highest BCUT2D eigenvalue weighted by molar-refractivity contribution is 5.79. The summed E-state index contributed by atoms with van der Waals surface area (Å²) in [6, 6.07) is 4.05. The molecule has 2 heterocycles. The summed E-state index contributed by atoms with van der Waals surface area (Å²) < 4.78 is 0. The molecular weight excluding hydrogens is 304 g/mol. The minimum absolute atomic E-state index is 0.0446. The number of nitrogens with one attached hydrogen (secondary N) is 1. The van der Waals surface area contributed by atoms with Crippen molar-refractivity contribution in [3.8, 4) is 0 Å². The molecule has 0 unspecified atom stereocenters. The molecule has 24 heavy (non-hydrogen) atoms. The van der Waals surface area contributed by atoms with E-state index in [-0.39, 0.29) is 23.9 Å². The van der Waals surface area contributed by atoms with Gasteiger partial charge in [0.15, 0.2) is 0 Å². The number of hydrogen-bond donors (Lipinski definition) is 3. The van der Waals surface area contributed by atoms with Crippen LogP contribution in [0.25, 0.3) is 0 Å². The number of rotatable bonds is 4. The van der Waals surface area contributed by atoms with Crippen LogP contribution in [-0.4, -0.2) is 52.2 Å². The van der Waals surface area contributed by atoms with E-state index in [1.807, 2.05) is 12.3 Å². The fourth-order valence-electron chi connectivity index (χ4n) is 3.73. The van der Waals surface area contributed by atoms with Gasteiger partial charge in [-0.05, 0) is 43.7 Å². The second-order valence-corrected chi connectivity index (χ2v) is 7.16. The van der Waals surface area contributed by atoms with Crippen LogP contribution in [0.5, 0.6) is 0 Å². The first-order valence-electron chi connectivity index (χ1n) is 8.97. The molecule has 0 spiro atoms. The highest BCUT2D eigenvalue weighted by Crippen LogP contribution is 2.24. The van der Waals surface area contributed by atoms with Gasteiger partial charge in [0.1, 0.15) is 0 Å². The highest BCUT2D eigenvalue weighted by atomic mass is 16.3. The molecule has 1 saturated carbocycles. The lowest BCUT2D eigenvalue weighted by molar-refractivity contribution is -0.127. The van der Waals surface area contributed by atoms with Gasteiger partial charge in [0, 0.05) is 50.0 Å². The van der Waals surface area contributed by atoms with Crippen LogP contribution in [0.4, 0.5) is 0 Å². The van der Waals surface area contributed by atoms with Gasteiger partial charge in [-0.1, -0.05) is 6.07 Å². The number of nitrogens with two attached hydrogens (primary N) is 1. The lowest BCUT2D eigenvalue weighted by Crippen LogP contribution is -2.49. The Kier molecular flexibility index (Phi) is 5.81. The molecule has 6 nitrogen and oxygen atoms in total. The van der Waals surface area contributed by atoms with E-state index in [1.54, 1.807) is 6.20 Å². The molecule has 4 N–H and O–H groups in total. The minimum atomic E-state index is -0.454. The zero-order valence-corrected chi connectivity index (χ0v) is 14.1. The standard InChI is InChI=1S/C18H28N4O2/c19-16-10-14(3-4-17(16)23)18(24)21-15-5-8-22(9-6-15)12-13-2-1-7-20-11-13/h1-2,7,11,14-17,23H,3-6,8-10,12,19H2,(H,21,24)/t14-,16+,17+/m0/s1. The first-order chi connectivity index (χ1) is 11.6. The zero-order chi connectivity index (χ0) is 16.9. The van der Waals surface area contributed by atoms with Gasteiger partial charge in [0.2, 0.25) is 5.91 Å². The molecule has 132 valence electrons. The van der Waals surface area contributed by atoms with E-state index in [4.69, 9.17) is 5.73 Å². The smallest absolute Gasteiger partial charge is 0.223 e. The number of nitrogens with zero attached hydrogens (tertiary/aromatic N) is 2. The summed E-state index contributed by atoms with van der Waals surface area (Å²) in [5.41, 5.74) is 7.12. The van der Waals surface area contributed by atoms with E-state index >= 15 is 0 Å². The van der Waals surface area contributed by atoms with Crippen LogP contribution in [0.2, 0.25) is 0 Å². The van der Waals surface area contributed by atoms with Crippen LogP contribution in [0.1, 0.15) is 37.7 Å². The number of carbonyl (C=O) groups excluding carboxylic acids is 1. The average Bonchev–Trinajstić information content (AvgIpc) is 2.60. The first kappa shape index (κ1) is 17.3. The normalized spacial score (nSPS) is 29.3. The Bertz CT molecular complexity index is 531. The van der Waals surface area contributed by atoms with Gasteiger partial charge < -0.3 is 16.2 Å². The molecule has 2 fully saturated rings. The lowest BCUT2D eigenvalue weighted by Gasteiger charge is -2.34. The van der Waals surface area contributed by atoms with Crippen molar-refractivity contribution in [2.75, 3.05) is 13.1 Å². The topological polar surface area (TPSA) is 91.5 Å². The van der Waals surface area contributed by atoms with Gasteiger partial charge in [-0.15, -0.1) is 0 Å². The Morgan fingerprint density at radius 2 is 2.12 bits per heavy atom. The number of hydrogen-bond acceptors (Lipinski definition) is 5. The fourth-order valence-corrected chi connectivity index (χ4v) is 3.73. The Morgan fingerprint density at radius 3 is 2.79 bits per heavy atom. The predicted molar refractivity (Wildman–Crippen MR) is 92.0 cm³/mol. The molecule has 0 bridgehead atoms.